The third kappa shape index (κ3) is 2.40. The summed E-state index contributed by atoms with van der Waals surface area (Å²) < 4.78 is 14.0. The molecule has 5 rings (SSSR count). The van der Waals surface area contributed by atoms with E-state index in [-0.39, 0.29) is 30.3 Å². The summed E-state index contributed by atoms with van der Waals surface area (Å²) in [5.74, 6) is -2.84. The van der Waals surface area contributed by atoms with Gasteiger partial charge in [0.05, 0.1) is 11.7 Å². The van der Waals surface area contributed by atoms with Crippen molar-refractivity contribution in [3.63, 3.8) is 0 Å². The molecule has 148 valence electrons. The van der Waals surface area contributed by atoms with Crippen molar-refractivity contribution in [2.75, 3.05) is 11.9 Å². The van der Waals surface area contributed by atoms with Crippen LogP contribution in [0.2, 0.25) is 0 Å². The van der Waals surface area contributed by atoms with Gasteiger partial charge >= 0.3 is 0 Å². The molecular formula is C22H21FN3O3+. The molecular weight excluding hydrogens is 373 g/mol. The van der Waals surface area contributed by atoms with E-state index in [0.29, 0.717) is 17.7 Å². The van der Waals surface area contributed by atoms with Gasteiger partial charge in [0, 0.05) is 12.1 Å². The molecule has 6 nitrogen and oxygen atoms in total. The highest BCUT2D eigenvalue weighted by atomic mass is 19.1. The number of hydrogen-bond acceptors (Lipinski definition) is 3. The van der Waals surface area contributed by atoms with Crippen molar-refractivity contribution in [3.8, 4) is 0 Å². The van der Waals surface area contributed by atoms with Crippen molar-refractivity contribution in [1.82, 2.24) is 4.90 Å². The van der Waals surface area contributed by atoms with Crippen molar-refractivity contribution >= 4 is 23.4 Å². The van der Waals surface area contributed by atoms with E-state index in [1.54, 1.807) is 5.32 Å². The molecule has 2 fully saturated rings. The topological polar surface area (TPSA) is 83.1 Å². The molecule has 0 aromatic heterocycles. The van der Waals surface area contributed by atoms with Crippen LogP contribution in [0.1, 0.15) is 18.1 Å². The van der Waals surface area contributed by atoms with Crippen molar-refractivity contribution < 1.29 is 24.1 Å². The van der Waals surface area contributed by atoms with Crippen LogP contribution < -0.4 is 10.6 Å². The maximum atomic E-state index is 14.0. The third-order valence-electron chi connectivity index (χ3n) is 6.54. The maximum Gasteiger partial charge on any atom is 0.291 e. The number of halogens is 1. The number of hydrogen-bond donors (Lipinski definition) is 2. The largest absolute Gasteiger partial charge is 0.326 e. The molecule has 3 N–H and O–H groups in total. The van der Waals surface area contributed by atoms with Crippen LogP contribution in [0.4, 0.5) is 10.1 Å². The fourth-order valence-corrected chi connectivity index (χ4v) is 5.28. The Balaban J connectivity index is 1.52. The molecule has 0 bridgehead atoms. The zero-order valence-corrected chi connectivity index (χ0v) is 15.9. The van der Waals surface area contributed by atoms with Gasteiger partial charge in [-0.25, -0.2) is 4.39 Å². The molecule has 2 aromatic carbocycles. The number of fused-ring (bicyclic) bond motifs is 4. The van der Waals surface area contributed by atoms with Gasteiger partial charge in [0.1, 0.15) is 17.7 Å². The monoisotopic (exact) mass is 394 g/mol. The normalized spacial score (nSPS) is 30.1. The van der Waals surface area contributed by atoms with Gasteiger partial charge in [-0.2, -0.15) is 0 Å². The van der Waals surface area contributed by atoms with Crippen LogP contribution in [-0.2, 0) is 26.3 Å². The number of benzene rings is 2. The number of rotatable bonds is 3. The summed E-state index contributed by atoms with van der Waals surface area (Å²) in [6.45, 7) is 2.12. The number of nitrogens with two attached hydrogens (primary N) is 1. The van der Waals surface area contributed by atoms with Gasteiger partial charge in [0.25, 0.3) is 5.91 Å². The van der Waals surface area contributed by atoms with Crippen molar-refractivity contribution in [2.24, 2.45) is 11.8 Å². The molecule has 2 saturated heterocycles. The fourth-order valence-electron chi connectivity index (χ4n) is 5.28. The van der Waals surface area contributed by atoms with Crippen LogP contribution in [0.5, 0.6) is 0 Å². The fraction of sp³-hybridized carbons (Fsp3) is 0.318. The molecule has 0 aliphatic carbocycles. The van der Waals surface area contributed by atoms with Crippen molar-refractivity contribution in [3.05, 3.63) is 65.5 Å². The molecule has 4 atom stereocenters. The minimum atomic E-state index is -1.30. The minimum absolute atomic E-state index is 0.241. The summed E-state index contributed by atoms with van der Waals surface area (Å²) in [5.41, 5.74) is 0.692. The maximum absolute atomic E-state index is 14.0. The van der Waals surface area contributed by atoms with E-state index in [2.05, 4.69) is 5.32 Å². The Labute approximate surface area is 167 Å². The quantitative estimate of drug-likeness (QED) is 0.755. The molecule has 7 heteroatoms. The molecule has 1 spiro atoms. The Bertz CT molecular complexity index is 1040. The van der Waals surface area contributed by atoms with E-state index >= 15 is 0 Å². The summed E-state index contributed by atoms with van der Waals surface area (Å²) in [7, 11) is 0. The number of quaternary nitrogens is 1. The van der Waals surface area contributed by atoms with Gasteiger partial charge in [-0.3, -0.25) is 19.3 Å². The number of carbonyl (C=O) groups excluding carboxylic acids is 3. The smallest absolute Gasteiger partial charge is 0.291 e. The van der Waals surface area contributed by atoms with Crippen LogP contribution in [0.15, 0.2) is 48.5 Å². The van der Waals surface area contributed by atoms with Crippen LogP contribution in [0, 0.1) is 17.7 Å². The number of carbonyl (C=O) groups is 3. The van der Waals surface area contributed by atoms with Crippen LogP contribution >= 0.6 is 0 Å². The summed E-state index contributed by atoms with van der Waals surface area (Å²) in [6.07, 6.45) is 0.556. The van der Waals surface area contributed by atoms with Crippen LogP contribution in [0.3, 0.4) is 0 Å². The lowest BCUT2D eigenvalue weighted by Crippen LogP contribution is -2.98. The van der Waals surface area contributed by atoms with E-state index in [9.17, 15) is 18.8 Å². The minimum Gasteiger partial charge on any atom is -0.326 e. The van der Waals surface area contributed by atoms with Gasteiger partial charge in [-0.15, -0.1) is 0 Å². The number of imide groups is 1. The van der Waals surface area contributed by atoms with E-state index < -0.39 is 23.2 Å². The van der Waals surface area contributed by atoms with E-state index in [1.807, 2.05) is 37.3 Å². The molecule has 29 heavy (non-hydrogen) atoms. The Morgan fingerprint density at radius 1 is 1.10 bits per heavy atom. The Kier molecular flexibility index (Phi) is 3.86. The van der Waals surface area contributed by atoms with Crippen molar-refractivity contribution in [1.29, 1.82) is 0 Å². The average molecular weight is 394 g/mol. The molecule has 3 aliphatic rings. The van der Waals surface area contributed by atoms with Gasteiger partial charge in [0.15, 0.2) is 0 Å². The summed E-state index contributed by atoms with van der Waals surface area (Å²) >= 11 is 0. The average Bonchev–Trinajstić information content (AvgIpc) is 3.26. The summed E-state index contributed by atoms with van der Waals surface area (Å²) in [6, 6.07) is 13.5. The van der Waals surface area contributed by atoms with E-state index in [1.165, 1.54) is 23.1 Å². The zero-order chi connectivity index (χ0) is 20.3. The number of nitrogens with zero attached hydrogens (tertiary/aromatic N) is 1. The summed E-state index contributed by atoms with van der Waals surface area (Å²) in [5, 5.41) is 4.55. The number of nitrogens with one attached hydrogen (secondary N) is 1. The van der Waals surface area contributed by atoms with Gasteiger partial charge in [-0.05, 0) is 37.1 Å². The Hall–Kier alpha value is -3.06. The first kappa shape index (κ1) is 18.0. The van der Waals surface area contributed by atoms with Crippen LogP contribution in [-0.4, -0.2) is 35.2 Å². The lowest BCUT2D eigenvalue weighted by molar-refractivity contribution is -0.730. The Morgan fingerprint density at radius 2 is 1.86 bits per heavy atom. The number of amides is 3. The highest BCUT2D eigenvalue weighted by Crippen LogP contribution is 2.48. The van der Waals surface area contributed by atoms with Crippen LogP contribution in [0.25, 0.3) is 0 Å². The molecule has 0 radical (unpaired) electrons. The van der Waals surface area contributed by atoms with Gasteiger partial charge in [0.2, 0.25) is 17.4 Å². The molecule has 3 heterocycles. The predicted molar refractivity (Wildman–Crippen MR) is 102 cm³/mol. The zero-order valence-electron chi connectivity index (χ0n) is 15.9. The number of likely N-dealkylation sites (tertiary alicyclic amines) is 1. The standard InChI is InChI=1S/C22H20FN3O3/c1-12-17-18(20(28)26(19(17)27)10-9-13-5-3-2-4-6-13)22(25-12)15-11-14(23)7-8-16(15)24-21(22)29/h2-8,11-12,17-18,25H,9-10H2,1H3,(H,24,29)/p+1/t12-,17+,18-,22+/m0/s1. The second-order valence-electron chi connectivity index (χ2n) is 8.11. The second-order valence-corrected chi connectivity index (χ2v) is 8.11. The molecule has 0 unspecified atom stereocenters. The van der Waals surface area contributed by atoms with Crippen molar-refractivity contribution in [2.45, 2.75) is 24.9 Å². The first-order valence-electron chi connectivity index (χ1n) is 9.80. The first-order chi connectivity index (χ1) is 13.9. The highest BCUT2D eigenvalue weighted by Gasteiger charge is 2.73. The predicted octanol–water partition coefficient (Wildman–Crippen LogP) is 0.782. The van der Waals surface area contributed by atoms with E-state index in [4.69, 9.17) is 0 Å². The lowest BCUT2D eigenvalue weighted by atomic mass is 9.76. The summed E-state index contributed by atoms with van der Waals surface area (Å²) in [4.78, 5) is 40.8. The second kappa shape index (κ2) is 6.22. The van der Waals surface area contributed by atoms with Gasteiger partial charge < -0.3 is 10.6 Å². The van der Waals surface area contributed by atoms with Gasteiger partial charge in [-0.1, -0.05) is 30.3 Å². The molecule has 3 aliphatic heterocycles. The Morgan fingerprint density at radius 3 is 2.62 bits per heavy atom. The molecule has 2 aromatic rings. The van der Waals surface area contributed by atoms with E-state index in [0.717, 1.165) is 5.56 Å². The SMILES string of the molecule is C[C@@H]1[NH2+][C@@]2(C(=O)Nc3ccc(F)cc32)[C@@H]2C(=O)N(CCc3ccccc3)C(=O)[C@H]12. The lowest BCUT2D eigenvalue weighted by Gasteiger charge is -2.25. The molecule has 0 saturated carbocycles. The number of anilines is 1. The highest BCUT2D eigenvalue weighted by molar-refractivity contribution is 6.13. The third-order valence-corrected chi connectivity index (χ3v) is 6.54. The molecule has 3 amide bonds. The first-order valence-corrected chi connectivity index (χ1v) is 9.80.